The molecule has 0 spiro atoms. The molecular formula is C37H50N4O10S. The van der Waals surface area contributed by atoms with Crippen LogP contribution in [0.3, 0.4) is 0 Å². The smallest absolute Gasteiger partial charge is 0.407 e. The summed E-state index contributed by atoms with van der Waals surface area (Å²) in [4.78, 5) is 32.9. The number of carbonyl (C=O) groups is 2. The number of aliphatic hydroxyl groups excluding tert-OH is 1. The summed E-state index contributed by atoms with van der Waals surface area (Å²) < 4.78 is 51.9. The molecule has 14 nitrogen and oxygen atoms in total. The van der Waals surface area contributed by atoms with Crippen molar-refractivity contribution in [3.63, 3.8) is 0 Å². The van der Waals surface area contributed by atoms with Gasteiger partial charge in [0.2, 0.25) is 10.0 Å². The van der Waals surface area contributed by atoms with E-state index in [-0.39, 0.29) is 66.8 Å². The number of aromatic amines is 1. The number of H-pyrrole nitrogens is 1. The third-order valence-electron chi connectivity index (χ3n) is 9.22. The fourth-order valence-corrected chi connectivity index (χ4v) is 8.19. The first-order valence-electron chi connectivity index (χ1n) is 17.7. The van der Waals surface area contributed by atoms with Crippen molar-refractivity contribution in [2.45, 2.75) is 82.9 Å². The molecule has 1 aromatic heterocycles. The van der Waals surface area contributed by atoms with Gasteiger partial charge in [0, 0.05) is 30.2 Å². The van der Waals surface area contributed by atoms with Crippen LogP contribution in [0.4, 0.5) is 4.79 Å². The van der Waals surface area contributed by atoms with E-state index in [2.05, 4.69) is 15.3 Å². The molecule has 15 heteroatoms. The average molecular weight is 743 g/mol. The van der Waals surface area contributed by atoms with Crippen LogP contribution in [0.15, 0.2) is 58.4 Å². The van der Waals surface area contributed by atoms with Crippen LogP contribution in [0.2, 0.25) is 0 Å². The SMILES string of the molecule is CCOC(=O)C(N=Cc1c(O)[nH]c2ccc(S(=O)(=O)N(CC(C)C)C[C@@H](O)[C@H](Cc3ccccc3)NC(=O)O[C@H]3CO[C@H]4OCC[C@H]43)cc12)C(C)C. The summed E-state index contributed by atoms with van der Waals surface area (Å²) in [5.74, 6) is -1.12. The molecule has 0 bridgehead atoms. The minimum Gasteiger partial charge on any atom is -0.494 e. The predicted molar refractivity (Wildman–Crippen MR) is 194 cm³/mol. The van der Waals surface area contributed by atoms with E-state index in [1.54, 1.807) is 6.92 Å². The van der Waals surface area contributed by atoms with Crippen molar-refractivity contribution in [2.24, 2.45) is 22.7 Å². The number of sulfonamides is 1. The molecule has 2 aromatic carbocycles. The van der Waals surface area contributed by atoms with Crippen molar-refractivity contribution in [2.75, 3.05) is 32.9 Å². The molecule has 52 heavy (non-hydrogen) atoms. The zero-order chi connectivity index (χ0) is 37.6. The number of aromatic nitrogens is 1. The van der Waals surface area contributed by atoms with E-state index in [1.807, 2.05) is 58.0 Å². The maximum Gasteiger partial charge on any atom is 0.407 e. The van der Waals surface area contributed by atoms with Gasteiger partial charge in [0.1, 0.15) is 12.1 Å². The van der Waals surface area contributed by atoms with Gasteiger partial charge in [-0.25, -0.2) is 18.0 Å². The zero-order valence-electron chi connectivity index (χ0n) is 30.2. The van der Waals surface area contributed by atoms with Crippen molar-refractivity contribution >= 4 is 39.2 Å². The lowest BCUT2D eigenvalue weighted by Crippen LogP contribution is -2.51. The summed E-state index contributed by atoms with van der Waals surface area (Å²) in [5.41, 5.74) is 1.50. The molecule has 3 aromatic rings. The van der Waals surface area contributed by atoms with Gasteiger partial charge in [-0.05, 0) is 55.4 Å². The van der Waals surface area contributed by atoms with Crippen molar-refractivity contribution in [1.29, 1.82) is 0 Å². The first-order chi connectivity index (χ1) is 24.8. The molecule has 0 radical (unpaired) electrons. The average Bonchev–Trinajstić information content (AvgIpc) is 3.80. The molecule has 1 amide bonds. The van der Waals surface area contributed by atoms with Crippen molar-refractivity contribution < 1.29 is 47.2 Å². The first-order valence-corrected chi connectivity index (χ1v) is 19.2. The minimum atomic E-state index is -4.23. The van der Waals surface area contributed by atoms with E-state index in [0.717, 1.165) is 5.56 Å². The molecule has 2 fully saturated rings. The van der Waals surface area contributed by atoms with Crippen LogP contribution in [-0.4, -0.2) is 110 Å². The van der Waals surface area contributed by atoms with Gasteiger partial charge in [0.15, 0.2) is 12.2 Å². The maximum absolute atomic E-state index is 14.3. The van der Waals surface area contributed by atoms with Gasteiger partial charge in [-0.2, -0.15) is 4.31 Å². The number of amides is 1. The number of hydrogen-bond donors (Lipinski definition) is 4. The highest BCUT2D eigenvalue weighted by Crippen LogP contribution is 2.33. The van der Waals surface area contributed by atoms with Gasteiger partial charge in [0.05, 0.1) is 48.3 Å². The molecule has 0 saturated carbocycles. The van der Waals surface area contributed by atoms with E-state index in [9.17, 15) is 28.2 Å². The van der Waals surface area contributed by atoms with E-state index in [1.165, 1.54) is 28.7 Å². The van der Waals surface area contributed by atoms with Gasteiger partial charge in [0.25, 0.3) is 0 Å². The number of fused-ring (bicyclic) bond motifs is 2. The topological polar surface area (TPSA) is 189 Å². The Bertz CT molecular complexity index is 1810. The second-order valence-electron chi connectivity index (χ2n) is 14.0. The van der Waals surface area contributed by atoms with E-state index in [4.69, 9.17) is 18.9 Å². The monoisotopic (exact) mass is 742 g/mol. The van der Waals surface area contributed by atoms with Gasteiger partial charge in [-0.15, -0.1) is 0 Å². The number of ether oxygens (including phenoxy) is 4. The Hall–Kier alpha value is -4.02. The number of nitrogens with one attached hydrogen (secondary N) is 2. The number of benzene rings is 2. The largest absolute Gasteiger partial charge is 0.494 e. The van der Waals surface area contributed by atoms with Crippen molar-refractivity contribution in [1.82, 2.24) is 14.6 Å². The van der Waals surface area contributed by atoms with E-state index >= 15 is 0 Å². The van der Waals surface area contributed by atoms with Gasteiger partial charge < -0.3 is 39.5 Å². The number of aliphatic hydroxyl groups is 1. The summed E-state index contributed by atoms with van der Waals surface area (Å²) >= 11 is 0. The second-order valence-corrected chi connectivity index (χ2v) is 15.9. The van der Waals surface area contributed by atoms with Gasteiger partial charge in [-0.3, -0.25) is 4.99 Å². The van der Waals surface area contributed by atoms with Crippen LogP contribution in [0.1, 0.15) is 52.2 Å². The standard InChI is InChI=1S/C37H50N4O10S/c1-6-48-35(44)33(23(4)5)38-18-28-27-17-25(12-13-29(27)39-34(28)43)52(46,47)41(19-22(2)3)20-31(42)30(16-24-10-8-7-9-11-24)40-37(45)51-32-21-50-36-26(32)14-15-49-36/h7-13,17-18,22-23,26,30-33,36,39,42-43H,6,14-16,19-21H2,1-5H3,(H,40,45)/t26-,30-,31+,32-,33?,36+/m0/s1. The minimum absolute atomic E-state index is 0.0739. The molecular weight excluding hydrogens is 692 g/mol. The number of carbonyl (C=O) groups excluding carboxylic acids is 2. The lowest BCUT2D eigenvalue weighted by atomic mass is 10.0. The summed E-state index contributed by atoms with van der Waals surface area (Å²) in [6, 6.07) is 11.9. The number of hydrogen-bond acceptors (Lipinski definition) is 11. The molecule has 1 unspecified atom stereocenters. The van der Waals surface area contributed by atoms with E-state index in [0.29, 0.717) is 23.9 Å². The lowest BCUT2D eigenvalue weighted by molar-refractivity contribution is -0.145. The molecule has 2 saturated heterocycles. The van der Waals surface area contributed by atoms with Crippen molar-refractivity contribution in [3.8, 4) is 5.88 Å². The van der Waals surface area contributed by atoms with E-state index < -0.39 is 52.7 Å². The third kappa shape index (κ3) is 9.31. The molecule has 2 aliphatic heterocycles. The Morgan fingerprint density at radius 2 is 1.87 bits per heavy atom. The van der Waals surface area contributed by atoms with Crippen molar-refractivity contribution in [3.05, 3.63) is 59.7 Å². The highest BCUT2D eigenvalue weighted by Gasteiger charge is 2.44. The second kappa shape index (κ2) is 17.2. The molecule has 284 valence electrons. The van der Waals surface area contributed by atoms with Crippen LogP contribution in [0.25, 0.3) is 10.9 Å². The van der Waals surface area contributed by atoms with Crippen LogP contribution >= 0.6 is 0 Å². The first kappa shape index (κ1) is 39.2. The highest BCUT2D eigenvalue weighted by atomic mass is 32.2. The molecule has 0 aliphatic carbocycles. The lowest BCUT2D eigenvalue weighted by Gasteiger charge is -2.31. The summed E-state index contributed by atoms with van der Waals surface area (Å²) in [6.45, 7) is 9.75. The predicted octanol–water partition coefficient (Wildman–Crippen LogP) is 3.99. The molecule has 3 heterocycles. The Labute approximate surface area is 304 Å². The Morgan fingerprint density at radius 3 is 2.56 bits per heavy atom. The number of aromatic hydroxyl groups is 1. The number of rotatable bonds is 16. The molecule has 6 atom stereocenters. The van der Waals surface area contributed by atoms with Crippen LogP contribution in [-0.2, 0) is 40.2 Å². The number of alkyl carbamates (subject to hydrolysis) is 1. The Morgan fingerprint density at radius 1 is 1.12 bits per heavy atom. The van der Waals surface area contributed by atoms with Gasteiger partial charge >= 0.3 is 12.1 Å². The van der Waals surface area contributed by atoms with Gasteiger partial charge in [-0.1, -0.05) is 58.0 Å². The molecule has 4 N–H and O–H groups in total. The fraction of sp³-hybridized carbons (Fsp3) is 0.541. The molecule has 5 rings (SSSR count). The fourth-order valence-electron chi connectivity index (χ4n) is 6.54. The number of nitrogens with zero attached hydrogens (tertiary/aromatic N) is 2. The third-order valence-corrected chi connectivity index (χ3v) is 11.0. The summed E-state index contributed by atoms with van der Waals surface area (Å²) in [6.07, 6.45) is -0.718. The van der Waals surface area contributed by atoms with Crippen LogP contribution < -0.4 is 5.32 Å². The number of esters is 1. The summed E-state index contributed by atoms with van der Waals surface area (Å²) in [7, 11) is -4.23. The Balaban J connectivity index is 1.40. The molecule has 2 aliphatic rings. The van der Waals surface area contributed by atoms with Crippen LogP contribution in [0.5, 0.6) is 5.88 Å². The highest BCUT2D eigenvalue weighted by molar-refractivity contribution is 7.89. The number of aliphatic imine (C=N–C) groups is 1. The summed E-state index contributed by atoms with van der Waals surface area (Å²) in [5, 5.41) is 25.6. The zero-order valence-corrected chi connectivity index (χ0v) is 31.0. The quantitative estimate of drug-likeness (QED) is 0.123. The van der Waals surface area contributed by atoms with Crippen LogP contribution in [0, 0.1) is 17.8 Å². The Kier molecular flexibility index (Phi) is 13.0. The normalized spacial score (nSPS) is 20.8. The maximum atomic E-state index is 14.3.